The number of nitrogens with zero attached hydrogens (tertiary/aromatic N) is 1. The van der Waals surface area contributed by atoms with Crippen molar-refractivity contribution in [1.82, 2.24) is 4.98 Å². The summed E-state index contributed by atoms with van der Waals surface area (Å²) in [5, 5.41) is 9.45. The van der Waals surface area contributed by atoms with E-state index in [2.05, 4.69) is 0 Å². The molecular formula is C28H24F3NO4S2. The van der Waals surface area contributed by atoms with E-state index in [1.807, 2.05) is 49.4 Å². The fraction of sp³-hybridized carbons (Fsp3) is 0.214. The first kappa shape index (κ1) is 27.7. The van der Waals surface area contributed by atoms with Crippen LogP contribution in [0.15, 0.2) is 77.7 Å². The number of thioether (sulfide) groups is 1. The number of rotatable bonds is 11. The smallest absolute Gasteiger partial charge is 0.416 e. The molecule has 0 spiro atoms. The van der Waals surface area contributed by atoms with Crippen molar-refractivity contribution in [2.45, 2.75) is 37.0 Å². The minimum Gasteiger partial charge on any atom is -0.482 e. The van der Waals surface area contributed by atoms with Gasteiger partial charge in [0, 0.05) is 21.1 Å². The van der Waals surface area contributed by atoms with Crippen LogP contribution in [0.1, 0.15) is 27.3 Å². The Morgan fingerprint density at radius 1 is 1.03 bits per heavy atom. The first-order valence-electron chi connectivity index (χ1n) is 11.5. The Morgan fingerprint density at radius 2 is 1.76 bits per heavy atom. The number of ether oxygens (including phenoxy) is 2. The van der Waals surface area contributed by atoms with Crippen molar-refractivity contribution < 1.29 is 32.5 Å². The Labute approximate surface area is 226 Å². The van der Waals surface area contributed by atoms with Crippen molar-refractivity contribution in [2.75, 3.05) is 6.61 Å². The maximum atomic E-state index is 13.0. The second-order valence-corrected chi connectivity index (χ2v) is 10.5. The summed E-state index contributed by atoms with van der Waals surface area (Å²) in [5.74, 6) is 0.0462. The van der Waals surface area contributed by atoms with Gasteiger partial charge in [-0.1, -0.05) is 42.5 Å². The number of thiazole rings is 1. The summed E-state index contributed by atoms with van der Waals surface area (Å²) in [6.07, 6.45) is -4.40. The topological polar surface area (TPSA) is 68.7 Å². The van der Waals surface area contributed by atoms with Gasteiger partial charge >= 0.3 is 12.1 Å². The molecule has 198 valence electrons. The molecule has 0 aliphatic carbocycles. The minimum absolute atomic E-state index is 0.267. The molecule has 0 unspecified atom stereocenters. The molecular weight excluding hydrogens is 535 g/mol. The number of alkyl halides is 3. The van der Waals surface area contributed by atoms with Gasteiger partial charge < -0.3 is 14.6 Å². The van der Waals surface area contributed by atoms with E-state index < -0.39 is 24.3 Å². The van der Waals surface area contributed by atoms with Gasteiger partial charge in [0.05, 0.1) is 24.5 Å². The van der Waals surface area contributed by atoms with Crippen LogP contribution in [-0.4, -0.2) is 22.7 Å². The molecule has 3 aromatic carbocycles. The van der Waals surface area contributed by atoms with Crippen LogP contribution in [0.4, 0.5) is 13.2 Å². The van der Waals surface area contributed by atoms with Crippen LogP contribution in [0.25, 0.3) is 10.6 Å². The van der Waals surface area contributed by atoms with Gasteiger partial charge in [-0.05, 0) is 48.4 Å². The van der Waals surface area contributed by atoms with Crippen LogP contribution in [-0.2, 0) is 34.7 Å². The lowest BCUT2D eigenvalue weighted by Crippen LogP contribution is -2.09. The molecule has 0 amide bonds. The zero-order valence-electron chi connectivity index (χ0n) is 20.3. The third-order valence-corrected chi connectivity index (χ3v) is 7.80. The molecule has 0 bridgehead atoms. The highest BCUT2D eigenvalue weighted by Gasteiger charge is 2.30. The van der Waals surface area contributed by atoms with Crippen LogP contribution in [0.2, 0.25) is 0 Å². The first-order valence-corrected chi connectivity index (χ1v) is 13.3. The van der Waals surface area contributed by atoms with Crippen molar-refractivity contribution in [2.24, 2.45) is 0 Å². The normalized spacial score (nSPS) is 11.5. The highest BCUT2D eigenvalue weighted by molar-refractivity contribution is 7.98. The zero-order chi connectivity index (χ0) is 27.1. The maximum Gasteiger partial charge on any atom is 0.416 e. The summed E-state index contributed by atoms with van der Waals surface area (Å²) in [5.41, 5.74) is 2.50. The maximum absolute atomic E-state index is 13.0. The molecule has 0 saturated carbocycles. The Hall–Kier alpha value is -3.34. The third-order valence-electron chi connectivity index (χ3n) is 5.46. The van der Waals surface area contributed by atoms with Gasteiger partial charge in [-0.3, -0.25) is 0 Å². The zero-order valence-corrected chi connectivity index (χ0v) is 22.0. The van der Waals surface area contributed by atoms with E-state index in [-0.39, 0.29) is 6.61 Å². The fourth-order valence-corrected chi connectivity index (χ4v) is 5.70. The molecule has 5 nitrogen and oxygen atoms in total. The van der Waals surface area contributed by atoms with E-state index >= 15 is 0 Å². The van der Waals surface area contributed by atoms with Gasteiger partial charge in [-0.2, -0.15) is 13.2 Å². The molecule has 0 fully saturated rings. The Balaban J connectivity index is 1.50. The molecule has 1 aromatic heterocycles. The molecule has 0 radical (unpaired) electrons. The number of aromatic nitrogens is 1. The number of hydrogen-bond acceptors (Lipinski definition) is 6. The standard InChI is InChI=1S/C28H24F3NO4S2/c1-18-13-22(11-12-24(18)36-16-26(33)34)37-17-25-23(15-35-14-19-5-3-2-4-6-19)32-27(38-25)20-7-9-21(10-8-20)28(29,30)31/h2-13H,14-17H2,1H3,(H,33,34). The second kappa shape index (κ2) is 12.5. The summed E-state index contributed by atoms with van der Waals surface area (Å²) in [6.45, 7) is 2.12. The number of hydrogen-bond donors (Lipinski definition) is 1. The highest BCUT2D eigenvalue weighted by Crippen LogP contribution is 2.36. The summed E-state index contributed by atoms with van der Waals surface area (Å²) in [6, 6.07) is 20.3. The lowest BCUT2D eigenvalue weighted by molar-refractivity contribution is -0.139. The van der Waals surface area contributed by atoms with Crippen molar-refractivity contribution in [3.8, 4) is 16.3 Å². The quantitative estimate of drug-likeness (QED) is 0.191. The van der Waals surface area contributed by atoms with Crippen LogP contribution >= 0.6 is 23.1 Å². The largest absolute Gasteiger partial charge is 0.482 e. The number of aliphatic carboxylic acids is 1. The number of aryl methyl sites for hydroxylation is 1. The van der Waals surface area contributed by atoms with Crippen LogP contribution < -0.4 is 4.74 Å². The SMILES string of the molecule is Cc1cc(SCc2sc(-c3ccc(C(F)(F)F)cc3)nc2COCc2ccccc2)ccc1OCC(=O)O. The van der Waals surface area contributed by atoms with E-state index in [0.29, 0.717) is 28.7 Å². The predicted molar refractivity (Wildman–Crippen MR) is 141 cm³/mol. The molecule has 1 heterocycles. The average Bonchev–Trinajstić information content (AvgIpc) is 3.30. The average molecular weight is 560 g/mol. The van der Waals surface area contributed by atoms with Gasteiger partial charge in [0.2, 0.25) is 0 Å². The molecule has 4 rings (SSSR count). The third kappa shape index (κ3) is 7.59. The molecule has 0 saturated heterocycles. The number of carboxylic acids is 1. The van der Waals surface area contributed by atoms with Crippen LogP contribution in [0, 0.1) is 6.92 Å². The predicted octanol–water partition coefficient (Wildman–Crippen LogP) is 7.61. The Kier molecular flexibility index (Phi) is 9.09. The first-order chi connectivity index (χ1) is 18.2. The van der Waals surface area contributed by atoms with Crippen LogP contribution in [0.3, 0.4) is 0 Å². The van der Waals surface area contributed by atoms with Gasteiger partial charge in [-0.15, -0.1) is 23.1 Å². The highest BCUT2D eigenvalue weighted by atomic mass is 32.2. The summed E-state index contributed by atoms with van der Waals surface area (Å²) >= 11 is 3.00. The minimum atomic E-state index is -4.40. The lowest BCUT2D eigenvalue weighted by atomic mass is 10.1. The van der Waals surface area contributed by atoms with Gasteiger partial charge in [0.25, 0.3) is 0 Å². The van der Waals surface area contributed by atoms with Crippen molar-refractivity contribution in [3.05, 3.63) is 100 Å². The Bertz CT molecular complexity index is 1370. The van der Waals surface area contributed by atoms with E-state index in [0.717, 1.165) is 38.7 Å². The number of carboxylic acid groups (broad SMARTS) is 1. The van der Waals surface area contributed by atoms with Gasteiger partial charge in [0.1, 0.15) is 10.8 Å². The second-order valence-electron chi connectivity index (χ2n) is 8.34. The van der Waals surface area contributed by atoms with Crippen LogP contribution in [0.5, 0.6) is 5.75 Å². The molecule has 1 N–H and O–H groups in total. The van der Waals surface area contributed by atoms with E-state index in [9.17, 15) is 18.0 Å². The summed E-state index contributed by atoms with van der Waals surface area (Å²) in [7, 11) is 0. The molecule has 0 atom stereocenters. The fourth-order valence-electron chi connectivity index (χ4n) is 3.54. The number of halogens is 3. The molecule has 0 aliphatic heterocycles. The molecule has 10 heteroatoms. The van der Waals surface area contributed by atoms with Gasteiger partial charge in [-0.25, -0.2) is 9.78 Å². The Morgan fingerprint density at radius 3 is 2.42 bits per heavy atom. The van der Waals surface area contributed by atoms with Gasteiger partial charge in [0.15, 0.2) is 6.61 Å². The van der Waals surface area contributed by atoms with E-state index in [1.165, 1.54) is 23.5 Å². The molecule has 38 heavy (non-hydrogen) atoms. The summed E-state index contributed by atoms with van der Waals surface area (Å²) in [4.78, 5) is 17.4. The molecule has 4 aromatic rings. The summed E-state index contributed by atoms with van der Waals surface area (Å²) < 4.78 is 50.2. The number of carbonyl (C=O) groups is 1. The lowest BCUT2D eigenvalue weighted by Gasteiger charge is -2.09. The van der Waals surface area contributed by atoms with Crippen molar-refractivity contribution >= 4 is 29.1 Å². The monoisotopic (exact) mass is 559 g/mol. The number of benzene rings is 3. The van der Waals surface area contributed by atoms with E-state index in [4.69, 9.17) is 19.6 Å². The van der Waals surface area contributed by atoms with E-state index in [1.54, 1.807) is 17.8 Å². The molecule has 0 aliphatic rings. The van der Waals surface area contributed by atoms with Crippen molar-refractivity contribution in [1.29, 1.82) is 0 Å². The van der Waals surface area contributed by atoms with Crippen molar-refractivity contribution in [3.63, 3.8) is 0 Å².